The molecule has 5 nitrogen and oxygen atoms in total. The Morgan fingerprint density at radius 1 is 1.25 bits per heavy atom. The first-order chi connectivity index (χ1) is 9.61. The molecular weight excluding hydrogens is 296 g/mol. The predicted molar refractivity (Wildman–Crippen MR) is 82.7 cm³/mol. The van der Waals surface area contributed by atoms with Crippen LogP contribution in [0.2, 0.25) is 5.15 Å². The van der Waals surface area contributed by atoms with Crippen LogP contribution in [-0.2, 0) is 17.3 Å². The second kappa shape index (κ2) is 6.67. The molecule has 0 saturated heterocycles. The van der Waals surface area contributed by atoms with Gasteiger partial charge in [-0.1, -0.05) is 23.7 Å². The molecule has 1 aromatic carbocycles. The zero-order valence-electron chi connectivity index (χ0n) is 11.2. The summed E-state index contributed by atoms with van der Waals surface area (Å²) in [5, 5.41) is 6.54. The maximum absolute atomic E-state index is 11.3. The molecule has 1 heterocycles. The lowest BCUT2D eigenvalue weighted by molar-refractivity contribution is 0.687. The van der Waals surface area contributed by atoms with E-state index >= 15 is 0 Å². The van der Waals surface area contributed by atoms with E-state index in [0.717, 1.165) is 10.5 Å². The van der Waals surface area contributed by atoms with Gasteiger partial charge in [0.1, 0.15) is 12.0 Å². The van der Waals surface area contributed by atoms with Crippen LogP contribution in [0.3, 0.4) is 0 Å². The summed E-state index contributed by atoms with van der Waals surface area (Å²) < 4.78 is 11.3. The third-order valence-corrected chi connectivity index (χ3v) is 3.99. The van der Waals surface area contributed by atoms with E-state index in [9.17, 15) is 4.21 Å². The fourth-order valence-electron chi connectivity index (χ4n) is 1.70. The van der Waals surface area contributed by atoms with E-state index in [4.69, 9.17) is 11.6 Å². The molecule has 0 aliphatic rings. The normalized spacial score (nSPS) is 11.9. The Labute approximate surface area is 125 Å². The Kier molecular flexibility index (Phi) is 4.92. The minimum Gasteiger partial charge on any atom is -0.383 e. The standard InChI is InChI=1S/C13H15ClN4OS/c1-15-11-12(14)17-8-18-13(11)16-7-9-3-5-10(6-4-9)20(2)19/h3-6,8,15H,7H2,1-2H3,(H,16,17,18). The van der Waals surface area contributed by atoms with E-state index in [0.29, 0.717) is 23.2 Å². The summed E-state index contributed by atoms with van der Waals surface area (Å²) >= 11 is 5.98. The highest BCUT2D eigenvalue weighted by Crippen LogP contribution is 2.25. The van der Waals surface area contributed by atoms with Crippen LogP contribution in [0.1, 0.15) is 5.56 Å². The van der Waals surface area contributed by atoms with Crippen molar-refractivity contribution in [1.82, 2.24) is 9.97 Å². The first kappa shape index (κ1) is 14.7. The van der Waals surface area contributed by atoms with Crippen molar-refractivity contribution in [1.29, 1.82) is 0 Å². The van der Waals surface area contributed by atoms with Crippen molar-refractivity contribution in [2.75, 3.05) is 23.9 Å². The number of hydrogen-bond acceptors (Lipinski definition) is 5. The minimum atomic E-state index is -0.954. The van der Waals surface area contributed by atoms with Crippen LogP contribution < -0.4 is 10.6 Å². The molecule has 0 aliphatic heterocycles. The van der Waals surface area contributed by atoms with Crippen LogP contribution in [0.15, 0.2) is 35.5 Å². The van der Waals surface area contributed by atoms with Crippen molar-refractivity contribution in [2.45, 2.75) is 11.4 Å². The van der Waals surface area contributed by atoms with Gasteiger partial charge in [0.2, 0.25) is 0 Å². The molecule has 2 N–H and O–H groups in total. The molecule has 20 heavy (non-hydrogen) atoms. The minimum absolute atomic E-state index is 0.377. The molecule has 106 valence electrons. The van der Waals surface area contributed by atoms with Crippen LogP contribution in [0.25, 0.3) is 0 Å². The van der Waals surface area contributed by atoms with Gasteiger partial charge in [-0.15, -0.1) is 0 Å². The summed E-state index contributed by atoms with van der Waals surface area (Å²) in [7, 11) is 0.811. The molecule has 0 bridgehead atoms. The number of anilines is 2. The smallest absolute Gasteiger partial charge is 0.157 e. The lowest BCUT2D eigenvalue weighted by Gasteiger charge is -2.11. The number of nitrogens with zero attached hydrogens (tertiary/aromatic N) is 2. The molecule has 0 saturated carbocycles. The fourth-order valence-corrected chi connectivity index (χ4v) is 2.45. The van der Waals surface area contributed by atoms with Crippen LogP contribution in [0.5, 0.6) is 0 Å². The number of hydrogen-bond donors (Lipinski definition) is 2. The highest BCUT2D eigenvalue weighted by atomic mass is 35.5. The third-order valence-electron chi connectivity index (χ3n) is 2.77. The maximum Gasteiger partial charge on any atom is 0.157 e. The Balaban J connectivity index is 2.09. The van der Waals surface area contributed by atoms with Crippen molar-refractivity contribution in [2.24, 2.45) is 0 Å². The van der Waals surface area contributed by atoms with E-state index in [1.54, 1.807) is 13.3 Å². The van der Waals surface area contributed by atoms with E-state index in [-0.39, 0.29) is 0 Å². The zero-order chi connectivity index (χ0) is 14.5. The third kappa shape index (κ3) is 3.46. The zero-order valence-corrected chi connectivity index (χ0v) is 12.8. The number of rotatable bonds is 5. The molecule has 0 spiro atoms. The molecule has 1 aromatic heterocycles. The second-order valence-corrected chi connectivity index (χ2v) is 5.83. The Morgan fingerprint density at radius 2 is 1.95 bits per heavy atom. The topological polar surface area (TPSA) is 66.9 Å². The molecule has 0 fully saturated rings. The van der Waals surface area contributed by atoms with Crippen molar-refractivity contribution < 1.29 is 4.21 Å². The van der Waals surface area contributed by atoms with Crippen molar-refractivity contribution in [3.05, 3.63) is 41.3 Å². The van der Waals surface area contributed by atoms with E-state index < -0.39 is 10.8 Å². The lowest BCUT2D eigenvalue weighted by atomic mass is 10.2. The van der Waals surface area contributed by atoms with Crippen LogP contribution in [-0.4, -0.2) is 27.5 Å². The molecule has 7 heteroatoms. The Morgan fingerprint density at radius 3 is 2.55 bits per heavy atom. The average molecular weight is 311 g/mol. The molecule has 0 amide bonds. The monoisotopic (exact) mass is 310 g/mol. The summed E-state index contributed by atoms with van der Waals surface area (Å²) in [5.74, 6) is 0.649. The number of aromatic nitrogens is 2. The van der Waals surface area contributed by atoms with Crippen molar-refractivity contribution >= 4 is 33.9 Å². The molecule has 1 atom stereocenters. The molecule has 0 radical (unpaired) electrons. The van der Waals surface area contributed by atoms with Gasteiger partial charge in [0, 0.05) is 35.5 Å². The lowest BCUT2D eigenvalue weighted by Crippen LogP contribution is -2.06. The average Bonchev–Trinajstić information content (AvgIpc) is 2.45. The predicted octanol–water partition coefficient (Wildman–Crippen LogP) is 2.52. The summed E-state index contributed by atoms with van der Waals surface area (Å²) in [6, 6.07) is 7.59. The van der Waals surface area contributed by atoms with Crippen LogP contribution >= 0.6 is 11.6 Å². The van der Waals surface area contributed by atoms with Crippen LogP contribution in [0.4, 0.5) is 11.5 Å². The number of halogens is 1. The number of nitrogens with one attached hydrogen (secondary N) is 2. The number of benzene rings is 1. The van der Waals surface area contributed by atoms with Gasteiger partial charge in [-0.3, -0.25) is 4.21 Å². The molecule has 2 rings (SSSR count). The van der Waals surface area contributed by atoms with Gasteiger partial charge in [-0.2, -0.15) is 0 Å². The summed E-state index contributed by atoms with van der Waals surface area (Å²) in [6.45, 7) is 0.596. The van der Waals surface area contributed by atoms with E-state index in [1.807, 2.05) is 24.3 Å². The van der Waals surface area contributed by atoms with Crippen molar-refractivity contribution in [3.8, 4) is 0 Å². The van der Waals surface area contributed by atoms with Crippen LogP contribution in [0, 0.1) is 0 Å². The second-order valence-electron chi connectivity index (χ2n) is 4.09. The van der Waals surface area contributed by atoms with E-state index in [1.165, 1.54) is 6.33 Å². The molecular formula is C13H15ClN4OS. The fraction of sp³-hybridized carbons (Fsp3) is 0.231. The quantitative estimate of drug-likeness (QED) is 0.831. The van der Waals surface area contributed by atoms with E-state index in [2.05, 4.69) is 20.6 Å². The molecule has 1 unspecified atom stereocenters. The SMILES string of the molecule is CNc1c(Cl)ncnc1NCc1ccc(S(C)=O)cc1. The summed E-state index contributed by atoms with van der Waals surface area (Å²) in [5.41, 5.74) is 1.73. The van der Waals surface area contributed by atoms with Gasteiger partial charge in [0.15, 0.2) is 11.0 Å². The Bertz CT molecular complexity index is 618. The molecule has 0 aliphatic carbocycles. The Hall–Kier alpha value is -1.66. The largest absolute Gasteiger partial charge is 0.383 e. The summed E-state index contributed by atoms with van der Waals surface area (Å²) in [6.07, 6.45) is 3.07. The van der Waals surface area contributed by atoms with Gasteiger partial charge in [0.25, 0.3) is 0 Å². The first-order valence-corrected chi connectivity index (χ1v) is 7.90. The summed E-state index contributed by atoms with van der Waals surface area (Å²) in [4.78, 5) is 8.88. The van der Waals surface area contributed by atoms with Gasteiger partial charge < -0.3 is 10.6 Å². The van der Waals surface area contributed by atoms with Gasteiger partial charge >= 0.3 is 0 Å². The van der Waals surface area contributed by atoms with Gasteiger partial charge in [-0.05, 0) is 17.7 Å². The van der Waals surface area contributed by atoms with Crippen molar-refractivity contribution in [3.63, 3.8) is 0 Å². The highest BCUT2D eigenvalue weighted by molar-refractivity contribution is 7.84. The highest BCUT2D eigenvalue weighted by Gasteiger charge is 2.07. The first-order valence-electron chi connectivity index (χ1n) is 5.96. The van der Waals surface area contributed by atoms with Gasteiger partial charge in [-0.25, -0.2) is 9.97 Å². The van der Waals surface area contributed by atoms with Gasteiger partial charge in [0.05, 0.1) is 0 Å². The maximum atomic E-state index is 11.3. The molecule has 2 aromatic rings.